The van der Waals surface area contributed by atoms with Gasteiger partial charge in [-0.05, 0) is 35.2 Å². The number of rotatable bonds is 9. The second-order valence-corrected chi connectivity index (χ2v) is 9.01. The molecule has 1 atom stereocenters. The van der Waals surface area contributed by atoms with Crippen LogP contribution in [-0.2, 0) is 6.54 Å². The highest BCUT2D eigenvalue weighted by molar-refractivity contribution is 5.83. The number of hydrogen-bond acceptors (Lipinski definition) is 8. The average molecular weight is 510 g/mol. The molecule has 0 radical (unpaired) electrons. The maximum Gasteiger partial charge on any atom is 0.326 e. The zero-order chi connectivity index (χ0) is 25.9. The van der Waals surface area contributed by atoms with Gasteiger partial charge in [0, 0.05) is 6.07 Å². The Labute approximate surface area is 219 Å². The predicted molar refractivity (Wildman–Crippen MR) is 144 cm³/mol. The van der Waals surface area contributed by atoms with Gasteiger partial charge in [-0.25, -0.2) is 4.98 Å². The van der Waals surface area contributed by atoms with E-state index in [1.807, 2.05) is 29.7 Å². The summed E-state index contributed by atoms with van der Waals surface area (Å²) in [4.78, 5) is 13.9. The first-order valence-corrected chi connectivity index (χ1v) is 12.5. The number of benzene rings is 3. The van der Waals surface area contributed by atoms with Crippen LogP contribution in [0.15, 0.2) is 79.1 Å². The molecule has 0 spiro atoms. The van der Waals surface area contributed by atoms with Gasteiger partial charge in [-0.15, -0.1) is 0 Å². The summed E-state index contributed by atoms with van der Waals surface area (Å²) >= 11 is 0. The number of aliphatic hydroxyl groups excluding tert-OH is 1. The second kappa shape index (κ2) is 10.4. The molecule has 0 unspecified atom stereocenters. The molecule has 9 heteroatoms. The van der Waals surface area contributed by atoms with Crippen LogP contribution >= 0.6 is 0 Å². The molecule has 1 aliphatic heterocycles. The number of nitrogens with zero attached hydrogens (tertiary/aromatic N) is 4. The van der Waals surface area contributed by atoms with Gasteiger partial charge in [0.1, 0.15) is 5.75 Å². The molecule has 3 aromatic carbocycles. The van der Waals surface area contributed by atoms with Crippen molar-refractivity contribution in [3.8, 4) is 34.4 Å². The van der Waals surface area contributed by atoms with Crippen molar-refractivity contribution in [2.24, 2.45) is 0 Å². The molecule has 2 aromatic heterocycles. The average Bonchev–Trinajstić information content (AvgIpc) is 3.59. The zero-order valence-electron chi connectivity index (χ0n) is 20.9. The standard InChI is InChI=1S/C29H27N5O4/c1-2-22(16-35)31-27-26-28(33-29(32-27)38-23-12-13-24-25(14-23)37-18-36-24)34(17-30-26)15-19-8-10-21(11-9-19)20-6-4-3-5-7-20/h3-14,17,22,35H,2,15-16,18H2,1H3,(H,31,32,33)/t22-/m0/s1. The van der Waals surface area contributed by atoms with Gasteiger partial charge in [0.25, 0.3) is 0 Å². The monoisotopic (exact) mass is 509 g/mol. The molecule has 192 valence electrons. The highest BCUT2D eigenvalue weighted by Crippen LogP contribution is 2.36. The molecular weight excluding hydrogens is 482 g/mol. The maximum absolute atomic E-state index is 9.77. The summed E-state index contributed by atoms with van der Waals surface area (Å²) in [6.07, 6.45) is 2.47. The topological polar surface area (TPSA) is 104 Å². The highest BCUT2D eigenvalue weighted by atomic mass is 16.7. The minimum Gasteiger partial charge on any atom is -0.454 e. The molecule has 0 amide bonds. The number of aliphatic hydroxyl groups is 1. The van der Waals surface area contributed by atoms with Crippen LogP contribution in [0.4, 0.5) is 5.82 Å². The van der Waals surface area contributed by atoms with E-state index in [1.54, 1.807) is 24.5 Å². The van der Waals surface area contributed by atoms with Crippen molar-refractivity contribution in [2.75, 3.05) is 18.7 Å². The summed E-state index contributed by atoms with van der Waals surface area (Å²) in [6.45, 7) is 2.71. The quantitative estimate of drug-likeness (QED) is 0.278. The number of nitrogens with one attached hydrogen (secondary N) is 1. The Kier molecular flexibility index (Phi) is 6.49. The normalized spacial score (nSPS) is 13.0. The van der Waals surface area contributed by atoms with Gasteiger partial charge in [0.2, 0.25) is 6.79 Å². The van der Waals surface area contributed by atoms with Crippen molar-refractivity contribution >= 4 is 17.0 Å². The molecule has 0 bridgehead atoms. The predicted octanol–water partition coefficient (Wildman–Crippen LogP) is 5.25. The Bertz CT molecular complexity index is 1550. The van der Waals surface area contributed by atoms with Crippen molar-refractivity contribution in [1.82, 2.24) is 19.5 Å². The third-order valence-electron chi connectivity index (χ3n) is 6.46. The Balaban J connectivity index is 1.32. The summed E-state index contributed by atoms with van der Waals surface area (Å²) in [5, 5.41) is 13.1. The van der Waals surface area contributed by atoms with Crippen molar-refractivity contribution < 1.29 is 19.3 Å². The van der Waals surface area contributed by atoms with Crippen LogP contribution in [0.2, 0.25) is 0 Å². The highest BCUT2D eigenvalue weighted by Gasteiger charge is 2.19. The van der Waals surface area contributed by atoms with Crippen molar-refractivity contribution in [1.29, 1.82) is 0 Å². The fourth-order valence-corrected chi connectivity index (χ4v) is 4.33. The molecule has 1 aliphatic rings. The van der Waals surface area contributed by atoms with Crippen LogP contribution in [0, 0.1) is 0 Å². The van der Waals surface area contributed by atoms with Gasteiger partial charge in [-0.1, -0.05) is 61.5 Å². The first-order valence-electron chi connectivity index (χ1n) is 12.5. The Hall–Kier alpha value is -4.63. The SMILES string of the molecule is CC[C@@H](CO)Nc1nc(Oc2ccc3c(c2)OCO3)nc2c1ncn2Cc1ccc(-c2ccccc2)cc1. The summed E-state index contributed by atoms with van der Waals surface area (Å²) in [7, 11) is 0. The first-order chi connectivity index (χ1) is 18.7. The fraction of sp³-hybridized carbons (Fsp3) is 0.207. The minimum atomic E-state index is -0.179. The van der Waals surface area contributed by atoms with Gasteiger partial charge >= 0.3 is 6.01 Å². The lowest BCUT2D eigenvalue weighted by atomic mass is 10.0. The van der Waals surface area contributed by atoms with Crippen LogP contribution in [0.5, 0.6) is 23.3 Å². The van der Waals surface area contributed by atoms with Crippen LogP contribution < -0.4 is 19.5 Å². The Morgan fingerprint density at radius 2 is 1.76 bits per heavy atom. The van der Waals surface area contributed by atoms with Crippen molar-refractivity contribution in [2.45, 2.75) is 25.9 Å². The summed E-state index contributed by atoms with van der Waals surface area (Å²) in [5.41, 5.74) is 4.68. The molecule has 3 heterocycles. The molecule has 0 saturated heterocycles. The molecule has 6 rings (SSSR count). The Morgan fingerprint density at radius 3 is 2.55 bits per heavy atom. The molecule has 9 nitrogen and oxygen atoms in total. The molecule has 5 aromatic rings. The van der Waals surface area contributed by atoms with Crippen LogP contribution in [0.1, 0.15) is 18.9 Å². The summed E-state index contributed by atoms with van der Waals surface area (Å²) in [6, 6.07) is 24.0. The molecule has 2 N–H and O–H groups in total. The first kappa shape index (κ1) is 23.7. The second-order valence-electron chi connectivity index (χ2n) is 9.01. The van der Waals surface area contributed by atoms with Gasteiger partial charge in [-0.3, -0.25) is 0 Å². The summed E-state index contributed by atoms with van der Waals surface area (Å²) in [5.74, 6) is 2.31. The largest absolute Gasteiger partial charge is 0.454 e. The number of ether oxygens (including phenoxy) is 3. The van der Waals surface area contributed by atoms with Crippen molar-refractivity contribution in [3.05, 3.63) is 84.7 Å². The van der Waals surface area contributed by atoms with Gasteiger partial charge in [0.05, 0.1) is 25.5 Å². The van der Waals surface area contributed by atoms with E-state index < -0.39 is 0 Å². The molecule has 0 aliphatic carbocycles. The maximum atomic E-state index is 9.77. The third kappa shape index (κ3) is 4.83. The lowest BCUT2D eigenvalue weighted by Gasteiger charge is -2.16. The Morgan fingerprint density at radius 1 is 0.974 bits per heavy atom. The van der Waals surface area contributed by atoms with Crippen LogP contribution in [0.3, 0.4) is 0 Å². The summed E-state index contributed by atoms with van der Waals surface area (Å²) < 4.78 is 18.9. The van der Waals surface area contributed by atoms with E-state index in [-0.39, 0.29) is 25.5 Å². The number of fused-ring (bicyclic) bond motifs is 2. The van der Waals surface area contributed by atoms with E-state index in [4.69, 9.17) is 19.2 Å². The zero-order valence-corrected chi connectivity index (χ0v) is 20.9. The smallest absolute Gasteiger partial charge is 0.326 e. The van der Waals surface area contributed by atoms with E-state index in [0.717, 1.165) is 17.5 Å². The van der Waals surface area contributed by atoms with Crippen LogP contribution in [-0.4, -0.2) is 44.1 Å². The lowest BCUT2D eigenvalue weighted by molar-refractivity contribution is 0.174. The number of anilines is 1. The minimum absolute atomic E-state index is 0.0329. The van der Waals surface area contributed by atoms with E-state index in [2.05, 4.69) is 51.7 Å². The molecule has 0 fully saturated rings. The fourth-order valence-electron chi connectivity index (χ4n) is 4.33. The molecular formula is C29H27N5O4. The van der Waals surface area contributed by atoms with Gasteiger partial charge < -0.3 is 29.2 Å². The van der Waals surface area contributed by atoms with E-state index >= 15 is 0 Å². The third-order valence-corrected chi connectivity index (χ3v) is 6.46. The molecule has 0 saturated carbocycles. The number of hydrogen-bond donors (Lipinski definition) is 2. The van der Waals surface area contributed by atoms with Crippen LogP contribution in [0.25, 0.3) is 22.3 Å². The van der Waals surface area contributed by atoms with E-state index in [0.29, 0.717) is 40.8 Å². The van der Waals surface area contributed by atoms with Gasteiger partial charge in [-0.2, -0.15) is 9.97 Å². The van der Waals surface area contributed by atoms with E-state index in [9.17, 15) is 5.11 Å². The van der Waals surface area contributed by atoms with Crippen molar-refractivity contribution in [3.63, 3.8) is 0 Å². The van der Waals surface area contributed by atoms with E-state index in [1.165, 1.54) is 5.56 Å². The number of imidazole rings is 1. The number of aromatic nitrogens is 4. The van der Waals surface area contributed by atoms with Gasteiger partial charge in [0.15, 0.2) is 28.5 Å². The molecule has 38 heavy (non-hydrogen) atoms. The lowest BCUT2D eigenvalue weighted by Crippen LogP contribution is -2.23.